The minimum atomic E-state index is -3.42. The lowest BCUT2D eigenvalue weighted by molar-refractivity contribution is -0.136. The number of hydrogen-bond donors (Lipinski definition) is 1. The summed E-state index contributed by atoms with van der Waals surface area (Å²) in [5.41, 5.74) is 5.87. The van der Waals surface area contributed by atoms with Crippen LogP contribution in [0.25, 0.3) is 0 Å². The molecule has 1 fully saturated rings. The van der Waals surface area contributed by atoms with Crippen LogP contribution < -0.4 is 5.73 Å². The summed E-state index contributed by atoms with van der Waals surface area (Å²) in [5, 5.41) is 0. The summed E-state index contributed by atoms with van der Waals surface area (Å²) >= 11 is 0. The molecule has 0 radical (unpaired) electrons. The van der Waals surface area contributed by atoms with Gasteiger partial charge < -0.3 is 10.6 Å². The zero-order valence-electron chi connectivity index (χ0n) is 12.3. The summed E-state index contributed by atoms with van der Waals surface area (Å²) in [7, 11) is -3.42. The van der Waals surface area contributed by atoms with E-state index in [0.717, 1.165) is 31.9 Å². The monoisotopic (exact) mass is 290 g/mol. The summed E-state index contributed by atoms with van der Waals surface area (Å²) in [6.07, 6.45) is 4.64. The molecular weight excluding hydrogens is 264 g/mol. The van der Waals surface area contributed by atoms with Gasteiger partial charge >= 0.3 is 0 Å². The summed E-state index contributed by atoms with van der Waals surface area (Å²) in [4.78, 5) is 14.3. The van der Waals surface area contributed by atoms with Gasteiger partial charge in [0.1, 0.15) is 4.75 Å². The van der Waals surface area contributed by atoms with E-state index in [1.165, 1.54) is 13.8 Å². The third-order valence-electron chi connectivity index (χ3n) is 4.23. The van der Waals surface area contributed by atoms with Crippen molar-refractivity contribution >= 4 is 15.7 Å². The highest BCUT2D eigenvalue weighted by Crippen LogP contribution is 2.26. The predicted molar refractivity (Wildman–Crippen MR) is 76.5 cm³/mol. The van der Waals surface area contributed by atoms with Crippen molar-refractivity contribution in [3.05, 3.63) is 0 Å². The third-order valence-corrected chi connectivity index (χ3v) is 6.25. The molecule has 19 heavy (non-hydrogen) atoms. The summed E-state index contributed by atoms with van der Waals surface area (Å²) in [6, 6.07) is 0.339. The first-order valence-electron chi connectivity index (χ1n) is 6.87. The number of carbonyl (C=O) groups is 1. The normalized spacial score (nSPS) is 25.1. The number of amides is 1. The van der Waals surface area contributed by atoms with Gasteiger partial charge in [0.25, 0.3) is 0 Å². The largest absolute Gasteiger partial charge is 0.339 e. The van der Waals surface area contributed by atoms with Crippen LogP contribution in [0.5, 0.6) is 0 Å². The van der Waals surface area contributed by atoms with Crippen LogP contribution in [-0.2, 0) is 14.6 Å². The van der Waals surface area contributed by atoms with Crippen molar-refractivity contribution in [1.29, 1.82) is 0 Å². The highest BCUT2D eigenvalue weighted by molar-refractivity contribution is 7.92. The van der Waals surface area contributed by atoms with E-state index in [-0.39, 0.29) is 18.0 Å². The zero-order chi connectivity index (χ0) is 14.8. The molecule has 6 heteroatoms. The van der Waals surface area contributed by atoms with Crippen molar-refractivity contribution in [3.63, 3.8) is 0 Å². The Morgan fingerprint density at radius 3 is 2.11 bits per heavy atom. The second-order valence-corrected chi connectivity index (χ2v) is 8.51. The number of sulfone groups is 1. The fourth-order valence-corrected chi connectivity index (χ4v) is 2.92. The zero-order valence-corrected chi connectivity index (χ0v) is 13.2. The topological polar surface area (TPSA) is 80.5 Å². The molecule has 0 aromatic rings. The van der Waals surface area contributed by atoms with Gasteiger partial charge in [-0.05, 0) is 46.5 Å². The molecule has 0 aromatic carbocycles. The number of carbonyl (C=O) groups excluding carboxylic acids is 1. The van der Waals surface area contributed by atoms with Gasteiger partial charge in [-0.15, -0.1) is 0 Å². The Morgan fingerprint density at radius 1 is 1.26 bits per heavy atom. The molecule has 1 saturated carbocycles. The molecule has 0 aromatic heterocycles. The van der Waals surface area contributed by atoms with Crippen molar-refractivity contribution in [2.75, 3.05) is 12.8 Å². The Balaban J connectivity index is 2.89. The van der Waals surface area contributed by atoms with E-state index in [1.54, 1.807) is 4.90 Å². The lowest BCUT2D eigenvalue weighted by Crippen LogP contribution is -2.54. The van der Waals surface area contributed by atoms with Crippen LogP contribution in [0.1, 0.15) is 46.5 Å². The second-order valence-electron chi connectivity index (χ2n) is 5.94. The third kappa shape index (κ3) is 3.48. The van der Waals surface area contributed by atoms with Gasteiger partial charge in [-0.25, -0.2) is 8.42 Å². The van der Waals surface area contributed by atoms with Gasteiger partial charge in [0.2, 0.25) is 5.91 Å². The van der Waals surface area contributed by atoms with E-state index in [9.17, 15) is 13.2 Å². The highest BCUT2D eigenvalue weighted by Gasteiger charge is 2.43. The first-order chi connectivity index (χ1) is 8.61. The number of nitrogens with zero attached hydrogens (tertiary/aromatic N) is 1. The van der Waals surface area contributed by atoms with Crippen molar-refractivity contribution < 1.29 is 13.2 Å². The standard InChI is InChI=1S/C13H26N2O3S/c1-5-15(11-8-6-10(14)7-9-11)12(16)13(2,3)19(4,17)18/h10-11H,5-9,14H2,1-4H3. The first kappa shape index (κ1) is 16.4. The van der Waals surface area contributed by atoms with Gasteiger partial charge in [0.05, 0.1) is 0 Å². The molecule has 112 valence electrons. The molecule has 2 N–H and O–H groups in total. The number of rotatable bonds is 4. The first-order valence-corrected chi connectivity index (χ1v) is 8.76. The number of hydrogen-bond acceptors (Lipinski definition) is 4. The highest BCUT2D eigenvalue weighted by atomic mass is 32.2. The van der Waals surface area contributed by atoms with Crippen molar-refractivity contribution in [2.24, 2.45) is 5.73 Å². The van der Waals surface area contributed by atoms with Gasteiger partial charge in [-0.1, -0.05) is 0 Å². The van der Waals surface area contributed by atoms with Gasteiger partial charge in [0.15, 0.2) is 9.84 Å². The van der Waals surface area contributed by atoms with Gasteiger partial charge in [-0.2, -0.15) is 0 Å². The van der Waals surface area contributed by atoms with Gasteiger partial charge in [-0.3, -0.25) is 4.79 Å². The molecule has 0 atom stereocenters. The molecule has 0 heterocycles. The predicted octanol–water partition coefficient (Wildman–Crippen LogP) is 0.928. The maximum Gasteiger partial charge on any atom is 0.243 e. The van der Waals surface area contributed by atoms with E-state index in [1.807, 2.05) is 6.92 Å². The van der Waals surface area contributed by atoms with E-state index in [4.69, 9.17) is 5.73 Å². The molecule has 1 amide bonds. The molecule has 0 bridgehead atoms. The fourth-order valence-electron chi connectivity index (χ4n) is 2.49. The second kappa shape index (κ2) is 5.79. The quantitative estimate of drug-likeness (QED) is 0.835. The van der Waals surface area contributed by atoms with E-state index >= 15 is 0 Å². The minimum absolute atomic E-state index is 0.123. The molecule has 0 unspecified atom stereocenters. The summed E-state index contributed by atoms with van der Waals surface area (Å²) in [6.45, 7) is 5.41. The van der Waals surface area contributed by atoms with E-state index < -0.39 is 14.6 Å². The smallest absolute Gasteiger partial charge is 0.243 e. The molecule has 0 saturated heterocycles. The Labute approximate surface area is 116 Å². The molecule has 0 spiro atoms. The Kier molecular flexibility index (Phi) is 5.01. The van der Waals surface area contributed by atoms with Crippen LogP contribution in [0.2, 0.25) is 0 Å². The van der Waals surface area contributed by atoms with Crippen LogP contribution in [0.4, 0.5) is 0 Å². The van der Waals surface area contributed by atoms with Crippen LogP contribution in [-0.4, -0.2) is 48.9 Å². The van der Waals surface area contributed by atoms with E-state index in [0.29, 0.717) is 6.54 Å². The molecular formula is C13H26N2O3S. The lowest BCUT2D eigenvalue weighted by Gasteiger charge is -2.39. The van der Waals surface area contributed by atoms with Crippen LogP contribution in [0.15, 0.2) is 0 Å². The minimum Gasteiger partial charge on any atom is -0.339 e. The average Bonchev–Trinajstić information content (AvgIpc) is 2.30. The molecule has 5 nitrogen and oxygen atoms in total. The average molecular weight is 290 g/mol. The van der Waals surface area contributed by atoms with Crippen molar-refractivity contribution in [2.45, 2.75) is 63.3 Å². The fraction of sp³-hybridized carbons (Fsp3) is 0.923. The van der Waals surface area contributed by atoms with E-state index in [2.05, 4.69) is 0 Å². The molecule has 1 aliphatic rings. The van der Waals surface area contributed by atoms with Crippen molar-refractivity contribution in [3.8, 4) is 0 Å². The van der Waals surface area contributed by atoms with Crippen LogP contribution in [0.3, 0.4) is 0 Å². The molecule has 1 aliphatic carbocycles. The maximum absolute atomic E-state index is 12.5. The molecule has 0 aliphatic heterocycles. The maximum atomic E-state index is 12.5. The number of nitrogens with two attached hydrogens (primary N) is 1. The van der Waals surface area contributed by atoms with Crippen LogP contribution >= 0.6 is 0 Å². The summed E-state index contributed by atoms with van der Waals surface area (Å²) in [5.74, 6) is -0.294. The van der Waals surface area contributed by atoms with Crippen molar-refractivity contribution in [1.82, 2.24) is 4.90 Å². The Bertz CT molecular complexity index is 423. The lowest BCUT2D eigenvalue weighted by atomic mass is 9.90. The Hall–Kier alpha value is -0.620. The van der Waals surface area contributed by atoms with Gasteiger partial charge in [0, 0.05) is 24.9 Å². The molecule has 1 rings (SSSR count). The van der Waals surface area contributed by atoms with Crippen LogP contribution in [0, 0.1) is 0 Å². The SMILES string of the molecule is CCN(C(=O)C(C)(C)S(C)(=O)=O)C1CCC(N)CC1. The summed E-state index contributed by atoms with van der Waals surface area (Å²) < 4.78 is 22.2. The Morgan fingerprint density at radius 2 is 1.74 bits per heavy atom.